The highest BCUT2D eigenvalue weighted by atomic mass is 19.4. The summed E-state index contributed by atoms with van der Waals surface area (Å²) in [5.74, 6) is -0.692. The number of alkyl halides is 3. The van der Waals surface area contributed by atoms with Crippen LogP contribution in [0.4, 0.5) is 13.2 Å². The van der Waals surface area contributed by atoms with Crippen LogP contribution in [0.15, 0.2) is 12.3 Å². The number of aromatic nitrogens is 1. The first-order chi connectivity index (χ1) is 7.46. The highest BCUT2D eigenvalue weighted by molar-refractivity contribution is 5.40. The van der Waals surface area contributed by atoms with Crippen molar-refractivity contribution in [2.75, 3.05) is 0 Å². The van der Waals surface area contributed by atoms with E-state index in [-0.39, 0.29) is 12.0 Å². The second-order valence-corrected chi connectivity index (χ2v) is 2.68. The van der Waals surface area contributed by atoms with E-state index < -0.39 is 17.8 Å². The van der Waals surface area contributed by atoms with Crippen LogP contribution in [0.25, 0.3) is 0 Å². The number of nitrogens with zero attached hydrogens (tertiary/aromatic N) is 3. The van der Waals surface area contributed by atoms with E-state index in [2.05, 4.69) is 9.72 Å². The van der Waals surface area contributed by atoms with E-state index >= 15 is 0 Å². The smallest absolute Gasteiger partial charge is 0.403 e. The van der Waals surface area contributed by atoms with Gasteiger partial charge in [-0.05, 0) is 11.6 Å². The molecule has 0 atom stereocenters. The molecule has 7 heteroatoms. The summed E-state index contributed by atoms with van der Waals surface area (Å²) in [6.07, 6.45) is -3.84. The van der Waals surface area contributed by atoms with E-state index in [1.54, 1.807) is 6.07 Å². The summed E-state index contributed by atoms with van der Waals surface area (Å²) in [5.41, 5.74) is -0.222. The van der Waals surface area contributed by atoms with Gasteiger partial charge in [-0.1, -0.05) is 0 Å². The lowest BCUT2D eigenvalue weighted by Crippen LogP contribution is -2.18. The van der Waals surface area contributed by atoms with E-state index in [0.29, 0.717) is 0 Å². The molecular formula is C9H4F3N3O. The van der Waals surface area contributed by atoms with Crippen molar-refractivity contribution in [3.63, 3.8) is 0 Å². The molecule has 0 fully saturated rings. The standard InChI is InChI=1S/C9H4F3N3O/c10-9(11,12)16-8-3-6(1-2-13)5-15-7(8)4-14/h3,5H,1H2. The maximum atomic E-state index is 12.0. The Balaban J connectivity index is 3.09. The van der Waals surface area contributed by atoms with Crippen LogP contribution < -0.4 is 4.74 Å². The van der Waals surface area contributed by atoms with Gasteiger partial charge >= 0.3 is 6.36 Å². The number of ether oxygens (including phenoxy) is 1. The lowest BCUT2D eigenvalue weighted by Gasteiger charge is -2.10. The highest BCUT2D eigenvalue weighted by Gasteiger charge is 2.32. The maximum absolute atomic E-state index is 12.0. The first-order valence-electron chi connectivity index (χ1n) is 3.98. The Bertz CT molecular complexity index is 470. The summed E-state index contributed by atoms with van der Waals surface area (Å²) in [6.45, 7) is 0. The van der Waals surface area contributed by atoms with Crippen LogP contribution in [0, 0.1) is 22.7 Å². The van der Waals surface area contributed by atoms with Crippen LogP contribution in [0.1, 0.15) is 11.3 Å². The Morgan fingerprint density at radius 2 is 2.06 bits per heavy atom. The van der Waals surface area contributed by atoms with Crippen LogP contribution >= 0.6 is 0 Å². The Labute approximate surface area is 88.5 Å². The third-order valence-corrected chi connectivity index (χ3v) is 1.52. The Hall–Kier alpha value is -2.28. The van der Waals surface area contributed by atoms with Crippen molar-refractivity contribution in [2.24, 2.45) is 0 Å². The van der Waals surface area contributed by atoms with Crippen LogP contribution in [0.3, 0.4) is 0 Å². The number of nitriles is 2. The summed E-state index contributed by atoms with van der Waals surface area (Å²) >= 11 is 0. The molecule has 0 saturated heterocycles. The molecule has 0 aliphatic carbocycles. The van der Waals surface area contributed by atoms with Gasteiger partial charge in [0.2, 0.25) is 0 Å². The third kappa shape index (κ3) is 3.14. The average Bonchev–Trinajstić information content (AvgIpc) is 2.16. The molecule has 1 heterocycles. The van der Waals surface area contributed by atoms with E-state index in [1.807, 2.05) is 0 Å². The number of pyridine rings is 1. The lowest BCUT2D eigenvalue weighted by atomic mass is 10.2. The van der Waals surface area contributed by atoms with Crippen molar-refractivity contribution < 1.29 is 17.9 Å². The number of rotatable bonds is 2. The molecule has 0 spiro atoms. The van der Waals surface area contributed by atoms with Crippen molar-refractivity contribution >= 4 is 0 Å². The summed E-state index contributed by atoms with van der Waals surface area (Å²) < 4.78 is 39.5. The SMILES string of the molecule is N#CCc1cnc(C#N)c(OC(F)(F)F)c1. The zero-order valence-electron chi connectivity index (χ0n) is 7.75. The second-order valence-electron chi connectivity index (χ2n) is 2.68. The van der Waals surface area contributed by atoms with Gasteiger partial charge in [0, 0.05) is 6.20 Å². The Morgan fingerprint density at radius 3 is 2.56 bits per heavy atom. The molecule has 1 rings (SSSR count). The molecule has 0 saturated carbocycles. The van der Waals surface area contributed by atoms with Gasteiger partial charge in [0.05, 0.1) is 12.5 Å². The van der Waals surface area contributed by atoms with Crippen LogP contribution in [0.5, 0.6) is 5.75 Å². The zero-order chi connectivity index (χ0) is 12.2. The maximum Gasteiger partial charge on any atom is 0.573 e. The summed E-state index contributed by atoms with van der Waals surface area (Å²) in [6, 6.07) is 4.19. The third-order valence-electron chi connectivity index (χ3n) is 1.52. The minimum Gasteiger partial charge on any atom is -0.403 e. The van der Waals surface area contributed by atoms with Gasteiger partial charge in [-0.15, -0.1) is 13.2 Å². The molecule has 0 aromatic carbocycles. The van der Waals surface area contributed by atoms with Crippen molar-refractivity contribution in [2.45, 2.75) is 12.8 Å². The molecule has 0 amide bonds. The van der Waals surface area contributed by atoms with Crippen molar-refractivity contribution in [3.05, 3.63) is 23.5 Å². The Morgan fingerprint density at radius 1 is 1.38 bits per heavy atom. The monoisotopic (exact) mass is 227 g/mol. The number of hydrogen-bond donors (Lipinski definition) is 0. The first kappa shape index (κ1) is 11.8. The second kappa shape index (κ2) is 4.49. The predicted octanol–water partition coefficient (Wildman–Crippen LogP) is 1.92. The van der Waals surface area contributed by atoms with Crippen LogP contribution in [-0.4, -0.2) is 11.3 Å². The van der Waals surface area contributed by atoms with Crippen molar-refractivity contribution in [1.29, 1.82) is 10.5 Å². The Kier molecular flexibility index (Phi) is 3.31. The topological polar surface area (TPSA) is 69.7 Å². The molecule has 0 aliphatic heterocycles. The van der Waals surface area contributed by atoms with Crippen molar-refractivity contribution in [1.82, 2.24) is 4.98 Å². The molecular weight excluding hydrogens is 223 g/mol. The number of halogens is 3. The highest BCUT2D eigenvalue weighted by Crippen LogP contribution is 2.25. The van der Waals surface area contributed by atoms with Crippen LogP contribution in [-0.2, 0) is 6.42 Å². The molecule has 1 aromatic rings. The average molecular weight is 227 g/mol. The largest absolute Gasteiger partial charge is 0.573 e. The molecule has 0 N–H and O–H groups in total. The minimum absolute atomic E-state index is 0.104. The summed E-state index contributed by atoms with van der Waals surface area (Å²) in [5, 5.41) is 16.9. The quantitative estimate of drug-likeness (QED) is 0.773. The van der Waals surface area contributed by atoms with Gasteiger partial charge in [0.25, 0.3) is 0 Å². The normalized spacial score (nSPS) is 10.3. The van der Waals surface area contributed by atoms with Crippen molar-refractivity contribution in [3.8, 4) is 17.9 Å². The van der Waals surface area contributed by atoms with E-state index in [0.717, 1.165) is 12.3 Å². The molecule has 0 bridgehead atoms. The number of hydrogen-bond acceptors (Lipinski definition) is 4. The van der Waals surface area contributed by atoms with Gasteiger partial charge in [0.15, 0.2) is 11.4 Å². The fourth-order valence-electron chi connectivity index (χ4n) is 0.959. The lowest BCUT2D eigenvalue weighted by molar-refractivity contribution is -0.274. The van der Waals surface area contributed by atoms with Gasteiger partial charge in [-0.3, -0.25) is 0 Å². The molecule has 0 radical (unpaired) electrons. The molecule has 4 nitrogen and oxygen atoms in total. The molecule has 82 valence electrons. The van der Waals surface area contributed by atoms with Gasteiger partial charge < -0.3 is 4.74 Å². The van der Waals surface area contributed by atoms with E-state index in [1.165, 1.54) is 6.07 Å². The zero-order valence-corrected chi connectivity index (χ0v) is 7.75. The summed E-state index contributed by atoms with van der Waals surface area (Å²) in [4.78, 5) is 3.46. The fraction of sp³-hybridized carbons (Fsp3) is 0.222. The summed E-state index contributed by atoms with van der Waals surface area (Å²) in [7, 11) is 0. The van der Waals surface area contributed by atoms with Crippen LogP contribution in [0.2, 0.25) is 0 Å². The minimum atomic E-state index is -4.89. The predicted molar refractivity (Wildman–Crippen MR) is 45.0 cm³/mol. The van der Waals surface area contributed by atoms with Gasteiger partial charge in [-0.25, -0.2) is 4.98 Å². The molecule has 0 aliphatic rings. The fourth-order valence-corrected chi connectivity index (χ4v) is 0.959. The van der Waals surface area contributed by atoms with E-state index in [4.69, 9.17) is 10.5 Å². The molecule has 16 heavy (non-hydrogen) atoms. The molecule has 1 aromatic heterocycles. The molecule has 0 unspecified atom stereocenters. The van der Waals surface area contributed by atoms with Gasteiger partial charge in [-0.2, -0.15) is 10.5 Å². The van der Waals surface area contributed by atoms with E-state index in [9.17, 15) is 13.2 Å². The van der Waals surface area contributed by atoms with Gasteiger partial charge in [0.1, 0.15) is 6.07 Å². The first-order valence-corrected chi connectivity index (χ1v) is 3.98.